The Bertz CT molecular complexity index is 1610. The molecule has 0 N–H and O–H groups in total. The number of carbonyl (C=O) groups excluding carboxylic acids is 3. The lowest BCUT2D eigenvalue weighted by Gasteiger charge is -2.18. The topological polar surface area (TPSA) is 78.9 Å². The van der Waals surface area contributed by atoms with Crippen LogP contribution in [0.15, 0.2) is 109 Å². The smallest absolute Gasteiger partial charge is 0.306 e. The number of hydrogen-bond donors (Lipinski definition) is 0. The van der Waals surface area contributed by atoms with Crippen molar-refractivity contribution in [2.24, 2.45) is 0 Å². The molecule has 0 aliphatic rings. The minimum Gasteiger partial charge on any atom is -0.462 e. The fourth-order valence-electron chi connectivity index (χ4n) is 9.52. The van der Waals surface area contributed by atoms with Crippen molar-refractivity contribution < 1.29 is 28.6 Å². The summed E-state index contributed by atoms with van der Waals surface area (Å²) >= 11 is 0. The molecule has 0 saturated heterocycles. The normalized spacial score (nSPS) is 12.8. The molecule has 0 bridgehead atoms. The van der Waals surface area contributed by atoms with Crippen LogP contribution < -0.4 is 0 Å². The van der Waals surface area contributed by atoms with Gasteiger partial charge in [-0.05, 0) is 103 Å². The molecule has 0 rings (SSSR count). The summed E-state index contributed by atoms with van der Waals surface area (Å²) in [7, 11) is 0. The average Bonchev–Trinajstić information content (AvgIpc) is 3.46. The minimum absolute atomic E-state index is 0.0795. The molecule has 0 aliphatic heterocycles. The van der Waals surface area contributed by atoms with Crippen molar-refractivity contribution in [3.05, 3.63) is 109 Å². The second-order valence-electron chi connectivity index (χ2n) is 22.3. The van der Waals surface area contributed by atoms with Crippen LogP contribution in [-0.4, -0.2) is 37.2 Å². The first kappa shape index (κ1) is 76.1. The molecule has 0 radical (unpaired) electrons. The van der Waals surface area contributed by atoms with Gasteiger partial charge in [0, 0.05) is 19.3 Å². The van der Waals surface area contributed by atoms with Crippen molar-refractivity contribution in [2.45, 2.75) is 329 Å². The van der Waals surface area contributed by atoms with Gasteiger partial charge >= 0.3 is 17.9 Å². The second-order valence-corrected chi connectivity index (χ2v) is 22.3. The predicted molar refractivity (Wildman–Crippen MR) is 348 cm³/mol. The molecule has 458 valence electrons. The average molecular weight is 1110 g/mol. The van der Waals surface area contributed by atoms with Gasteiger partial charge in [0.05, 0.1) is 0 Å². The van der Waals surface area contributed by atoms with E-state index >= 15 is 0 Å². The number of carbonyl (C=O) groups is 3. The summed E-state index contributed by atoms with van der Waals surface area (Å²) < 4.78 is 16.9. The quantitative estimate of drug-likeness (QED) is 0.0261. The van der Waals surface area contributed by atoms with Crippen LogP contribution >= 0.6 is 0 Å². The van der Waals surface area contributed by atoms with Crippen LogP contribution in [0.4, 0.5) is 0 Å². The van der Waals surface area contributed by atoms with E-state index in [-0.39, 0.29) is 31.1 Å². The van der Waals surface area contributed by atoms with Crippen LogP contribution in [0.5, 0.6) is 0 Å². The minimum atomic E-state index is -0.783. The predicted octanol–water partition coefficient (Wildman–Crippen LogP) is 23.4. The van der Waals surface area contributed by atoms with Gasteiger partial charge in [-0.15, -0.1) is 0 Å². The van der Waals surface area contributed by atoms with Gasteiger partial charge < -0.3 is 14.2 Å². The fraction of sp³-hybridized carbons (Fsp3) is 0.716. The Labute approximate surface area is 495 Å². The Kier molecular flexibility index (Phi) is 64.3. The van der Waals surface area contributed by atoms with Crippen molar-refractivity contribution in [2.75, 3.05) is 13.2 Å². The highest BCUT2D eigenvalue weighted by atomic mass is 16.6. The maximum atomic E-state index is 12.9. The van der Waals surface area contributed by atoms with Crippen molar-refractivity contribution in [1.29, 1.82) is 0 Å². The van der Waals surface area contributed by atoms with Crippen molar-refractivity contribution in [3.63, 3.8) is 0 Å². The molecule has 6 nitrogen and oxygen atoms in total. The van der Waals surface area contributed by atoms with Crippen molar-refractivity contribution in [3.8, 4) is 0 Å². The molecule has 0 amide bonds. The molecule has 6 heteroatoms. The molecule has 0 aliphatic carbocycles. The lowest BCUT2D eigenvalue weighted by atomic mass is 10.0. The van der Waals surface area contributed by atoms with Crippen LogP contribution in [0.1, 0.15) is 323 Å². The number of hydrogen-bond acceptors (Lipinski definition) is 6. The van der Waals surface area contributed by atoms with E-state index in [1.165, 1.54) is 161 Å². The summed E-state index contributed by atoms with van der Waals surface area (Å²) in [6.45, 7) is 6.42. The lowest BCUT2D eigenvalue weighted by Crippen LogP contribution is -2.30. The zero-order chi connectivity index (χ0) is 57.8. The van der Waals surface area contributed by atoms with Crippen molar-refractivity contribution >= 4 is 17.9 Å². The van der Waals surface area contributed by atoms with Gasteiger partial charge in [0.2, 0.25) is 0 Å². The third-order valence-corrected chi connectivity index (χ3v) is 14.5. The zero-order valence-electron chi connectivity index (χ0n) is 52.6. The zero-order valence-corrected chi connectivity index (χ0v) is 52.6. The van der Waals surface area contributed by atoms with Gasteiger partial charge in [-0.3, -0.25) is 14.4 Å². The van der Waals surface area contributed by atoms with Crippen LogP contribution in [0.25, 0.3) is 0 Å². The van der Waals surface area contributed by atoms with Crippen LogP contribution in [0, 0.1) is 0 Å². The number of ether oxygens (including phenoxy) is 3. The van der Waals surface area contributed by atoms with Crippen LogP contribution in [0.2, 0.25) is 0 Å². The molecule has 0 fully saturated rings. The van der Waals surface area contributed by atoms with E-state index in [2.05, 4.69) is 130 Å². The Hall–Kier alpha value is -3.93. The summed E-state index contributed by atoms with van der Waals surface area (Å²) in [6.07, 6.45) is 92.6. The van der Waals surface area contributed by atoms with Gasteiger partial charge in [-0.1, -0.05) is 310 Å². The first-order chi connectivity index (χ1) is 39.5. The molecule has 1 unspecified atom stereocenters. The first-order valence-corrected chi connectivity index (χ1v) is 33.9. The fourth-order valence-corrected chi connectivity index (χ4v) is 9.52. The highest BCUT2D eigenvalue weighted by Crippen LogP contribution is 2.17. The summed E-state index contributed by atoms with van der Waals surface area (Å²) in [6, 6.07) is 0. The van der Waals surface area contributed by atoms with Gasteiger partial charge in [-0.2, -0.15) is 0 Å². The molecular formula is C74H126O6. The van der Waals surface area contributed by atoms with E-state index in [4.69, 9.17) is 14.2 Å². The summed E-state index contributed by atoms with van der Waals surface area (Å²) in [5, 5.41) is 0. The Morgan fingerprint density at radius 2 is 0.487 bits per heavy atom. The molecule has 1 atom stereocenters. The number of esters is 3. The Morgan fingerprint density at radius 3 is 0.762 bits per heavy atom. The van der Waals surface area contributed by atoms with E-state index < -0.39 is 6.10 Å². The molecule has 0 heterocycles. The Morgan fingerprint density at radius 1 is 0.263 bits per heavy atom. The van der Waals surface area contributed by atoms with E-state index in [1.807, 2.05) is 0 Å². The number of rotatable bonds is 61. The highest BCUT2D eigenvalue weighted by Gasteiger charge is 2.19. The van der Waals surface area contributed by atoms with Gasteiger partial charge in [0.15, 0.2) is 6.10 Å². The van der Waals surface area contributed by atoms with Gasteiger partial charge in [-0.25, -0.2) is 0 Å². The van der Waals surface area contributed by atoms with Crippen LogP contribution in [0.3, 0.4) is 0 Å². The molecule has 0 aromatic heterocycles. The van der Waals surface area contributed by atoms with Crippen LogP contribution in [-0.2, 0) is 28.6 Å². The second kappa shape index (κ2) is 67.6. The molecule has 0 aromatic carbocycles. The van der Waals surface area contributed by atoms with Crippen molar-refractivity contribution in [1.82, 2.24) is 0 Å². The summed E-state index contributed by atoms with van der Waals surface area (Å²) in [4.78, 5) is 38.3. The summed E-state index contributed by atoms with van der Waals surface area (Å²) in [5.41, 5.74) is 0. The highest BCUT2D eigenvalue weighted by molar-refractivity contribution is 5.71. The van der Waals surface area contributed by atoms with Gasteiger partial charge in [0.1, 0.15) is 13.2 Å². The van der Waals surface area contributed by atoms with E-state index in [9.17, 15) is 14.4 Å². The maximum absolute atomic E-state index is 12.9. The molecule has 0 aromatic rings. The molecule has 80 heavy (non-hydrogen) atoms. The lowest BCUT2D eigenvalue weighted by molar-refractivity contribution is -0.167. The molecule has 0 saturated carbocycles. The number of unbranched alkanes of at least 4 members (excludes halogenated alkanes) is 32. The monoisotopic (exact) mass is 1110 g/mol. The van der Waals surface area contributed by atoms with Gasteiger partial charge in [0.25, 0.3) is 0 Å². The SMILES string of the molecule is CC/C=C\C/C=C\C/C=C\C/C=C\C/C=C\CCCCCCCCCC(=O)OC(COC(=O)CCCCCCCCCCCC)COC(=O)CCCCCCCCCCCCCCCCCC/C=C\C/C=C\C/C=C\C/C=C\CC. The largest absolute Gasteiger partial charge is 0.462 e. The first-order valence-electron chi connectivity index (χ1n) is 33.9. The third-order valence-electron chi connectivity index (χ3n) is 14.5. The standard InChI is InChI=1S/C74H126O6/c1-4-7-10-13-16-19-22-24-26-28-30-32-34-35-36-37-38-39-41-42-44-46-48-50-52-55-58-61-64-67-73(76)79-70-71(69-78-72(75)66-63-60-57-54-21-18-15-12-9-6-3)80-74(77)68-65-62-59-56-53-51-49-47-45-43-40-33-31-29-27-25-23-20-17-14-11-8-5-2/h7-8,10-11,16-17,19-20,24-27,30-33,43,45,71H,4-6,9,12-15,18,21-23,28-29,34-42,44,46-70H2,1-3H3/b10-7-,11-8-,19-16-,20-17-,26-24-,27-25-,32-30-,33-31-,45-43-. The number of allylic oxidation sites excluding steroid dienone is 18. The maximum Gasteiger partial charge on any atom is 0.306 e. The molecular weight excluding hydrogens is 985 g/mol. The molecule has 0 spiro atoms. The van der Waals surface area contributed by atoms with E-state index in [0.717, 1.165) is 122 Å². The van der Waals surface area contributed by atoms with E-state index in [1.54, 1.807) is 0 Å². The Balaban J connectivity index is 4.21. The van der Waals surface area contributed by atoms with E-state index in [0.29, 0.717) is 19.3 Å². The third kappa shape index (κ3) is 64.9. The summed E-state index contributed by atoms with van der Waals surface area (Å²) in [5.74, 6) is -0.880.